The predicted octanol–water partition coefficient (Wildman–Crippen LogP) is 1.86. The summed E-state index contributed by atoms with van der Waals surface area (Å²) >= 11 is 0. The fraction of sp³-hybridized carbons (Fsp3) is 0.312. The molecule has 0 saturated carbocycles. The van der Waals surface area contributed by atoms with Crippen LogP contribution in [0.1, 0.15) is 17.2 Å². The largest absolute Gasteiger partial charge is 0.313 e. The summed E-state index contributed by atoms with van der Waals surface area (Å²) in [6, 6.07) is 7.43. The molecule has 3 rings (SSSR count). The van der Waals surface area contributed by atoms with Crippen molar-refractivity contribution >= 4 is 10.0 Å². The zero-order valence-corrected chi connectivity index (χ0v) is 13.6. The number of aromatic nitrogens is 1. The summed E-state index contributed by atoms with van der Waals surface area (Å²) in [5, 5.41) is 3.20. The first-order valence-electron chi connectivity index (χ1n) is 7.39. The normalized spacial score (nSPS) is 19.7. The quantitative estimate of drug-likeness (QED) is 0.930. The van der Waals surface area contributed by atoms with E-state index in [0.717, 1.165) is 5.56 Å². The molecule has 1 unspecified atom stereocenters. The second-order valence-electron chi connectivity index (χ2n) is 5.49. The number of piperazine rings is 1. The van der Waals surface area contributed by atoms with Gasteiger partial charge < -0.3 is 5.32 Å². The molecular formula is C16H18FN3O2S. The zero-order chi connectivity index (χ0) is 16.4. The molecule has 1 aromatic heterocycles. The summed E-state index contributed by atoms with van der Waals surface area (Å²) in [4.78, 5) is 4.09. The molecule has 1 aliphatic heterocycles. The monoisotopic (exact) mass is 335 g/mol. The van der Waals surface area contributed by atoms with Gasteiger partial charge in [0, 0.05) is 37.6 Å². The Morgan fingerprint density at radius 3 is 2.87 bits per heavy atom. The van der Waals surface area contributed by atoms with Crippen LogP contribution in [0, 0.1) is 12.7 Å². The Balaban J connectivity index is 2.05. The maximum Gasteiger partial charge on any atom is 0.244 e. The summed E-state index contributed by atoms with van der Waals surface area (Å²) in [5.41, 5.74) is 0.966. The highest BCUT2D eigenvalue weighted by Gasteiger charge is 2.35. The van der Waals surface area contributed by atoms with Gasteiger partial charge in [-0.2, -0.15) is 4.31 Å². The van der Waals surface area contributed by atoms with E-state index in [-0.39, 0.29) is 16.5 Å². The first-order chi connectivity index (χ1) is 11.0. The molecular weight excluding hydrogens is 317 g/mol. The highest BCUT2D eigenvalue weighted by Crippen LogP contribution is 2.30. The van der Waals surface area contributed by atoms with E-state index in [1.54, 1.807) is 18.5 Å². The molecule has 1 N–H and O–H groups in total. The molecule has 5 nitrogen and oxygen atoms in total. The number of sulfonamides is 1. The Bertz CT molecular complexity index is 796. The summed E-state index contributed by atoms with van der Waals surface area (Å²) in [6.07, 6.45) is 3.31. The van der Waals surface area contributed by atoms with Gasteiger partial charge in [0.25, 0.3) is 0 Å². The van der Waals surface area contributed by atoms with Gasteiger partial charge in [0.2, 0.25) is 10.0 Å². The van der Waals surface area contributed by atoms with Crippen LogP contribution in [0.4, 0.5) is 4.39 Å². The Hall–Kier alpha value is -1.83. The van der Waals surface area contributed by atoms with E-state index in [9.17, 15) is 12.8 Å². The summed E-state index contributed by atoms with van der Waals surface area (Å²) in [6.45, 7) is 2.88. The van der Waals surface area contributed by atoms with Crippen molar-refractivity contribution in [1.29, 1.82) is 0 Å². The number of hydrogen-bond acceptors (Lipinski definition) is 4. The number of hydrogen-bond donors (Lipinski definition) is 1. The summed E-state index contributed by atoms with van der Waals surface area (Å²) in [5.74, 6) is -0.515. The van der Waals surface area contributed by atoms with Gasteiger partial charge in [-0.3, -0.25) is 4.98 Å². The van der Waals surface area contributed by atoms with Gasteiger partial charge in [0.05, 0.1) is 10.9 Å². The van der Waals surface area contributed by atoms with E-state index in [0.29, 0.717) is 19.6 Å². The molecule has 2 heterocycles. The lowest BCUT2D eigenvalue weighted by Crippen LogP contribution is -2.48. The SMILES string of the molecule is Cc1c(F)cccc1S(=O)(=O)N1CCNCC1c1cccnc1. The standard InChI is InChI=1S/C16H18FN3O2S/c1-12-14(17)5-2-6-16(12)23(21,22)20-9-8-19-11-15(20)13-4-3-7-18-10-13/h2-7,10,15,19H,8-9,11H2,1H3. The van der Waals surface area contributed by atoms with Crippen molar-refractivity contribution in [1.82, 2.24) is 14.6 Å². The van der Waals surface area contributed by atoms with Crippen molar-refractivity contribution in [2.24, 2.45) is 0 Å². The Morgan fingerprint density at radius 2 is 2.13 bits per heavy atom. The van der Waals surface area contributed by atoms with Gasteiger partial charge in [-0.1, -0.05) is 12.1 Å². The van der Waals surface area contributed by atoms with Crippen molar-refractivity contribution in [3.05, 3.63) is 59.7 Å². The minimum absolute atomic E-state index is 0.0216. The van der Waals surface area contributed by atoms with E-state index in [1.807, 2.05) is 6.07 Å². The van der Waals surface area contributed by atoms with E-state index < -0.39 is 15.8 Å². The Labute approximate surface area is 135 Å². The van der Waals surface area contributed by atoms with Gasteiger partial charge in [0.15, 0.2) is 0 Å². The minimum Gasteiger partial charge on any atom is -0.313 e. The Kier molecular flexibility index (Phi) is 4.43. The Morgan fingerprint density at radius 1 is 1.30 bits per heavy atom. The zero-order valence-electron chi connectivity index (χ0n) is 12.7. The van der Waals surface area contributed by atoms with Crippen LogP contribution in [0.5, 0.6) is 0 Å². The average Bonchev–Trinajstić information content (AvgIpc) is 2.58. The van der Waals surface area contributed by atoms with Crippen molar-refractivity contribution in [2.75, 3.05) is 19.6 Å². The van der Waals surface area contributed by atoms with Crippen LogP contribution in [0.3, 0.4) is 0 Å². The summed E-state index contributed by atoms with van der Waals surface area (Å²) < 4.78 is 41.3. The highest BCUT2D eigenvalue weighted by atomic mass is 32.2. The van der Waals surface area contributed by atoms with Gasteiger partial charge in [-0.25, -0.2) is 12.8 Å². The topological polar surface area (TPSA) is 62.3 Å². The third-order valence-electron chi connectivity index (χ3n) is 4.07. The van der Waals surface area contributed by atoms with Gasteiger partial charge in [-0.05, 0) is 30.7 Å². The first kappa shape index (κ1) is 16.0. The first-order valence-corrected chi connectivity index (χ1v) is 8.83. The lowest BCUT2D eigenvalue weighted by Gasteiger charge is -2.35. The van der Waals surface area contributed by atoms with Crippen LogP contribution in [-0.4, -0.2) is 37.3 Å². The molecule has 2 aromatic rings. The maximum absolute atomic E-state index is 13.8. The molecule has 23 heavy (non-hydrogen) atoms. The number of rotatable bonds is 3. The third kappa shape index (κ3) is 2.99. The molecule has 0 radical (unpaired) electrons. The predicted molar refractivity (Wildman–Crippen MR) is 84.9 cm³/mol. The molecule has 1 fully saturated rings. The molecule has 0 spiro atoms. The molecule has 1 aliphatic rings. The number of nitrogens with zero attached hydrogens (tertiary/aromatic N) is 2. The molecule has 1 aromatic carbocycles. The van der Waals surface area contributed by atoms with E-state index in [2.05, 4.69) is 10.3 Å². The molecule has 1 saturated heterocycles. The fourth-order valence-corrected chi connectivity index (χ4v) is 4.67. The van der Waals surface area contributed by atoms with Crippen molar-refractivity contribution in [3.63, 3.8) is 0 Å². The van der Waals surface area contributed by atoms with Crippen molar-refractivity contribution < 1.29 is 12.8 Å². The van der Waals surface area contributed by atoms with Crippen molar-refractivity contribution in [2.45, 2.75) is 17.9 Å². The number of benzene rings is 1. The van der Waals surface area contributed by atoms with E-state index in [1.165, 1.54) is 29.4 Å². The van der Waals surface area contributed by atoms with Crippen LogP contribution in [0.15, 0.2) is 47.6 Å². The number of nitrogens with one attached hydrogen (secondary N) is 1. The number of pyridine rings is 1. The van der Waals surface area contributed by atoms with Gasteiger partial charge >= 0.3 is 0 Å². The molecule has 7 heteroatoms. The van der Waals surface area contributed by atoms with Crippen LogP contribution in [-0.2, 0) is 10.0 Å². The third-order valence-corrected chi connectivity index (χ3v) is 6.12. The van der Waals surface area contributed by atoms with Crippen LogP contribution in [0.25, 0.3) is 0 Å². The minimum atomic E-state index is -3.79. The van der Waals surface area contributed by atoms with Crippen LogP contribution < -0.4 is 5.32 Å². The van der Waals surface area contributed by atoms with Crippen LogP contribution >= 0.6 is 0 Å². The molecule has 1 atom stereocenters. The summed E-state index contributed by atoms with van der Waals surface area (Å²) in [7, 11) is -3.79. The second kappa shape index (κ2) is 6.35. The molecule has 0 bridgehead atoms. The van der Waals surface area contributed by atoms with Gasteiger partial charge in [-0.15, -0.1) is 0 Å². The smallest absolute Gasteiger partial charge is 0.244 e. The molecule has 0 aliphatic carbocycles. The van der Waals surface area contributed by atoms with E-state index in [4.69, 9.17) is 0 Å². The number of halogens is 1. The molecule has 122 valence electrons. The van der Waals surface area contributed by atoms with Crippen molar-refractivity contribution in [3.8, 4) is 0 Å². The maximum atomic E-state index is 13.8. The van der Waals surface area contributed by atoms with Gasteiger partial charge in [0.1, 0.15) is 5.82 Å². The average molecular weight is 335 g/mol. The van der Waals surface area contributed by atoms with E-state index >= 15 is 0 Å². The second-order valence-corrected chi connectivity index (χ2v) is 7.34. The lowest BCUT2D eigenvalue weighted by atomic mass is 10.1. The molecule has 0 amide bonds. The lowest BCUT2D eigenvalue weighted by molar-refractivity contribution is 0.271. The highest BCUT2D eigenvalue weighted by molar-refractivity contribution is 7.89. The fourth-order valence-electron chi connectivity index (χ4n) is 2.82. The van der Waals surface area contributed by atoms with Crippen LogP contribution in [0.2, 0.25) is 0 Å².